The third kappa shape index (κ3) is 4.99. The molecule has 104 valence electrons. The summed E-state index contributed by atoms with van der Waals surface area (Å²) in [5.74, 6) is 0.370. The number of anilines is 1. The second-order valence-corrected chi connectivity index (χ2v) is 4.22. The van der Waals surface area contributed by atoms with Crippen LogP contribution in [0.5, 0.6) is 5.75 Å². The van der Waals surface area contributed by atoms with Crippen molar-refractivity contribution < 1.29 is 14.3 Å². The second kappa shape index (κ2) is 7.41. The molecule has 0 unspecified atom stereocenters. The van der Waals surface area contributed by atoms with E-state index < -0.39 is 0 Å². The number of nitrogens with zero attached hydrogens (tertiary/aromatic N) is 1. The predicted octanol–water partition coefficient (Wildman–Crippen LogP) is 1.89. The summed E-state index contributed by atoms with van der Waals surface area (Å²) < 4.78 is 5.08. The molecule has 0 heterocycles. The number of carbonyl (C=O) groups is 2. The van der Waals surface area contributed by atoms with Crippen molar-refractivity contribution in [3.8, 4) is 5.75 Å². The van der Waals surface area contributed by atoms with E-state index >= 15 is 0 Å². The molecule has 19 heavy (non-hydrogen) atoms. The van der Waals surface area contributed by atoms with Crippen molar-refractivity contribution in [1.82, 2.24) is 4.90 Å². The molecule has 0 aliphatic heterocycles. The van der Waals surface area contributed by atoms with Crippen LogP contribution in [-0.4, -0.2) is 36.9 Å². The Kier molecular flexibility index (Phi) is 5.85. The van der Waals surface area contributed by atoms with Crippen LogP contribution in [-0.2, 0) is 9.59 Å². The lowest BCUT2D eigenvalue weighted by atomic mass is 10.3. The van der Waals surface area contributed by atoms with E-state index in [1.54, 1.807) is 31.4 Å². The van der Waals surface area contributed by atoms with Gasteiger partial charge in [0.2, 0.25) is 11.8 Å². The molecule has 0 aliphatic carbocycles. The zero-order valence-corrected chi connectivity index (χ0v) is 11.6. The van der Waals surface area contributed by atoms with Crippen molar-refractivity contribution in [1.29, 1.82) is 0 Å². The SMILES string of the molecule is CCCN(CC(=O)Nc1cccc(OC)c1)C(C)=O. The molecular weight excluding hydrogens is 244 g/mol. The van der Waals surface area contributed by atoms with E-state index in [1.807, 2.05) is 6.92 Å². The number of rotatable bonds is 6. The van der Waals surface area contributed by atoms with Gasteiger partial charge in [0, 0.05) is 25.2 Å². The van der Waals surface area contributed by atoms with Crippen LogP contribution >= 0.6 is 0 Å². The summed E-state index contributed by atoms with van der Waals surface area (Å²) in [7, 11) is 1.57. The molecule has 5 nitrogen and oxygen atoms in total. The summed E-state index contributed by atoms with van der Waals surface area (Å²) in [5, 5.41) is 2.75. The zero-order chi connectivity index (χ0) is 14.3. The molecule has 0 aromatic heterocycles. The standard InChI is InChI=1S/C14H20N2O3/c1-4-8-16(11(2)17)10-14(18)15-12-6-5-7-13(9-12)19-3/h5-7,9H,4,8,10H2,1-3H3,(H,15,18). The number of benzene rings is 1. The van der Waals surface area contributed by atoms with Crippen LogP contribution in [0, 0.1) is 0 Å². The van der Waals surface area contributed by atoms with Gasteiger partial charge in [-0.1, -0.05) is 13.0 Å². The van der Waals surface area contributed by atoms with Crippen molar-refractivity contribution >= 4 is 17.5 Å². The Hall–Kier alpha value is -2.04. The van der Waals surface area contributed by atoms with Gasteiger partial charge in [0.1, 0.15) is 5.75 Å². The summed E-state index contributed by atoms with van der Waals surface area (Å²) in [6.45, 7) is 4.09. The first-order valence-corrected chi connectivity index (χ1v) is 6.26. The molecule has 2 amide bonds. The van der Waals surface area contributed by atoms with E-state index in [4.69, 9.17) is 4.74 Å². The first-order chi connectivity index (χ1) is 9.06. The van der Waals surface area contributed by atoms with Gasteiger partial charge < -0.3 is 15.0 Å². The van der Waals surface area contributed by atoms with Crippen molar-refractivity contribution in [3.05, 3.63) is 24.3 Å². The summed E-state index contributed by atoms with van der Waals surface area (Å²) in [4.78, 5) is 24.7. The number of hydrogen-bond donors (Lipinski definition) is 1. The highest BCUT2D eigenvalue weighted by atomic mass is 16.5. The largest absolute Gasteiger partial charge is 0.497 e. The molecule has 0 spiro atoms. The van der Waals surface area contributed by atoms with E-state index in [2.05, 4.69) is 5.32 Å². The lowest BCUT2D eigenvalue weighted by molar-refractivity contribution is -0.132. The Balaban J connectivity index is 2.60. The van der Waals surface area contributed by atoms with Gasteiger partial charge in [-0.2, -0.15) is 0 Å². The summed E-state index contributed by atoms with van der Waals surface area (Å²) in [6, 6.07) is 7.10. The molecule has 0 bridgehead atoms. The van der Waals surface area contributed by atoms with Gasteiger partial charge in [-0.25, -0.2) is 0 Å². The third-order valence-corrected chi connectivity index (χ3v) is 2.63. The Morgan fingerprint density at radius 2 is 2.11 bits per heavy atom. The predicted molar refractivity (Wildman–Crippen MR) is 74.2 cm³/mol. The van der Waals surface area contributed by atoms with Crippen LogP contribution in [0.2, 0.25) is 0 Å². The van der Waals surface area contributed by atoms with Crippen molar-refractivity contribution in [2.45, 2.75) is 20.3 Å². The number of nitrogens with one attached hydrogen (secondary N) is 1. The van der Waals surface area contributed by atoms with Gasteiger partial charge in [0.25, 0.3) is 0 Å². The lowest BCUT2D eigenvalue weighted by Gasteiger charge is -2.19. The Labute approximate surface area is 113 Å². The molecule has 1 N–H and O–H groups in total. The van der Waals surface area contributed by atoms with Crippen LogP contribution in [0.1, 0.15) is 20.3 Å². The maximum absolute atomic E-state index is 11.9. The maximum Gasteiger partial charge on any atom is 0.243 e. The number of carbonyl (C=O) groups excluding carboxylic acids is 2. The molecule has 1 aromatic carbocycles. The third-order valence-electron chi connectivity index (χ3n) is 2.63. The summed E-state index contributed by atoms with van der Waals surface area (Å²) >= 11 is 0. The zero-order valence-electron chi connectivity index (χ0n) is 11.6. The van der Waals surface area contributed by atoms with E-state index in [1.165, 1.54) is 11.8 Å². The van der Waals surface area contributed by atoms with E-state index in [0.29, 0.717) is 18.0 Å². The fourth-order valence-electron chi connectivity index (χ4n) is 1.69. The fourth-order valence-corrected chi connectivity index (χ4v) is 1.69. The molecule has 0 saturated heterocycles. The number of ether oxygens (including phenoxy) is 1. The van der Waals surface area contributed by atoms with Gasteiger partial charge in [-0.05, 0) is 18.6 Å². The number of hydrogen-bond acceptors (Lipinski definition) is 3. The molecule has 0 atom stereocenters. The average molecular weight is 264 g/mol. The van der Waals surface area contributed by atoms with Gasteiger partial charge in [0.15, 0.2) is 0 Å². The Morgan fingerprint density at radius 3 is 2.68 bits per heavy atom. The second-order valence-electron chi connectivity index (χ2n) is 4.22. The molecule has 0 radical (unpaired) electrons. The average Bonchev–Trinajstić information content (AvgIpc) is 2.38. The highest BCUT2D eigenvalue weighted by Crippen LogP contribution is 2.16. The molecule has 0 saturated carbocycles. The normalized spacial score (nSPS) is 9.84. The van der Waals surface area contributed by atoms with Crippen LogP contribution in [0.4, 0.5) is 5.69 Å². The van der Waals surface area contributed by atoms with Crippen molar-refractivity contribution in [2.24, 2.45) is 0 Å². The van der Waals surface area contributed by atoms with Gasteiger partial charge in [-0.15, -0.1) is 0 Å². The first kappa shape index (κ1) is 15.0. The molecule has 1 rings (SSSR count). The molecule has 1 aromatic rings. The first-order valence-electron chi connectivity index (χ1n) is 6.26. The summed E-state index contributed by atoms with van der Waals surface area (Å²) in [5.41, 5.74) is 0.657. The van der Waals surface area contributed by atoms with Gasteiger partial charge >= 0.3 is 0 Å². The molecular formula is C14H20N2O3. The van der Waals surface area contributed by atoms with E-state index in [0.717, 1.165) is 6.42 Å². The van der Waals surface area contributed by atoms with Crippen LogP contribution in [0.15, 0.2) is 24.3 Å². The van der Waals surface area contributed by atoms with E-state index in [-0.39, 0.29) is 18.4 Å². The highest BCUT2D eigenvalue weighted by molar-refractivity contribution is 5.94. The number of amides is 2. The van der Waals surface area contributed by atoms with Crippen LogP contribution in [0.25, 0.3) is 0 Å². The van der Waals surface area contributed by atoms with E-state index in [9.17, 15) is 9.59 Å². The molecule has 0 fully saturated rings. The topological polar surface area (TPSA) is 58.6 Å². The minimum absolute atomic E-state index is 0.0698. The lowest BCUT2D eigenvalue weighted by Crippen LogP contribution is -2.37. The van der Waals surface area contributed by atoms with Crippen molar-refractivity contribution in [3.63, 3.8) is 0 Å². The highest BCUT2D eigenvalue weighted by Gasteiger charge is 2.12. The maximum atomic E-state index is 11.9. The van der Waals surface area contributed by atoms with Gasteiger partial charge in [0.05, 0.1) is 13.7 Å². The quantitative estimate of drug-likeness (QED) is 0.853. The van der Waals surface area contributed by atoms with Gasteiger partial charge in [-0.3, -0.25) is 9.59 Å². The smallest absolute Gasteiger partial charge is 0.243 e. The van der Waals surface area contributed by atoms with Crippen LogP contribution < -0.4 is 10.1 Å². The monoisotopic (exact) mass is 264 g/mol. The molecule has 0 aliphatic rings. The van der Waals surface area contributed by atoms with Crippen molar-refractivity contribution in [2.75, 3.05) is 25.5 Å². The molecule has 5 heteroatoms. The summed E-state index contributed by atoms with van der Waals surface area (Å²) in [6.07, 6.45) is 0.825. The fraction of sp³-hybridized carbons (Fsp3) is 0.429. The Bertz CT molecular complexity index is 446. The minimum atomic E-state index is -0.211. The van der Waals surface area contributed by atoms with Crippen LogP contribution in [0.3, 0.4) is 0 Å². The minimum Gasteiger partial charge on any atom is -0.497 e. The Morgan fingerprint density at radius 1 is 1.37 bits per heavy atom. The number of methoxy groups -OCH3 is 1.